The first kappa shape index (κ1) is 19.0. The molecule has 0 radical (unpaired) electrons. The SMILES string of the molecule is COC(=O)/C=C(/Nc1cccc(OCCc2ccccn2)c1)C(=O)OC. The highest BCUT2D eigenvalue weighted by atomic mass is 16.5. The van der Waals surface area contributed by atoms with Gasteiger partial charge in [-0.2, -0.15) is 0 Å². The van der Waals surface area contributed by atoms with Crippen molar-refractivity contribution in [3.05, 3.63) is 66.1 Å². The van der Waals surface area contributed by atoms with Gasteiger partial charge in [0.05, 0.1) is 26.9 Å². The monoisotopic (exact) mass is 356 g/mol. The van der Waals surface area contributed by atoms with E-state index >= 15 is 0 Å². The van der Waals surface area contributed by atoms with E-state index in [4.69, 9.17) is 4.74 Å². The molecule has 0 saturated heterocycles. The number of benzene rings is 1. The summed E-state index contributed by atoms with van der Waals surface area (Å²) in [5.74, 6) is -0.731. The predicted molar refractivity (Wildman–Crippen MR) is 95.6 cm³/mol. The summed E-state index contributed by atoms with van der Waals surface area (Å²) in [5, 5.41) is 2.84. The van der Waals surface area contributed by atoms with Gasteiger partial charge < -0.3 is 19.5 Å². The Balaban J connectivity index is 2.01. The van der Waals surface area contributed by atoms with Gasteiger partial charge in [-0.15, -0.1) is 0 Å². The number of hydrogen-bond acceptors (Lipinski definition) is 7. The highest BCUT2D eigenvalue weighted by Crippen LogP contribution is 2.19. The van der Waals surface area contributed by atoms with E-state index in [2.05, 4.69) is 19.8 Å². The van der Waals surface area contributed by atoms with Crippen LogP contribution >= 0.6 is 0 Å². The van der Waals surface area contributed by atoms with Crippen molar-refractivity contribution in [1.82, 2.24) is 4.98 Å². The van der Waals surface area contributed by atoms with E-state index in [1.165, 1.54) is 14.2 Å². The molecule has 0 spiro atoms. The van der Waals surface area contributed by atoms with Crippen molar-refractivity contribution in [2.75, 3.05) is 26.1 Å². The maximum Gasteiger partial charge on any atom is 0.354 e. The molecule has 2 aromatic rings. The lowest BCUT2D eigenvalue weighted by Crippen LogP contribution is -2.15. The Morgan fingerprint density at radius 1 is 1.12 bits per heavy atom. The lowest BCUT2D eigenvalue weighted by Gasteiger charge is -2.11. The number of methoxy groups -OCH3 is 2. The second-order valence-electron chi connectivity index (χ2n) is 5.15. The lowest BCUT2D eigenvalue weighted by atomic mass is 10.2. The average molecular weight is 356 g/mol. The van der Waals surface area contributed by atoms with Gasteiger partial charge >= 0.3 is 11.9 Å². The van der Waals surface area contributed by atoms with Crippen LogP contribution in [0.3, 0.4) is 0 Å². The highest BCUT2D eigenvalue weighted by Gasteiger charge is 2.13. The summed E-state index contributed by atoms with van der Waals surface area (Å²) in [6.07, 6.45) is 3.44. The van der Waals surface area contributed by atoms with Gasteiger partial charge in [-0.05, 0) is 24.3 Å². The molecule has 2 rings (SSSR count). The van der Waals surface area contributed by atoms with E-state index in [0.29, 0.717) is 24.5 Å². The van der Waals surface area contributed by atoms with Crippen molar-refractivity contribution in [2.24, 2.45) is 0 Å². The van der Waals surface area contributed by atoms with Crippen LogP contribution in [0.4, 0.5) is 5.69 Å². The third-order valence-electron chi connectivity index (χ3n) is 3.33. The summed E-state index contributed by atoms with van der Waals surface area (Å²) in [5.41, 5.74) is 1.47. The van der Waals surface area contributed by atoms with Crippen molar-refractivity contribution >= 4 is 17.6 Å². The molecule has 7 nitrogen and oxygen atoms in total. The molecule has 0 bridgehead atoms. The fourth-order valence-corrected chi connectivity index (χ4v) is 2.07. The first-order valence-electron chi connectivity index (χ1n) is 7.90. The van der Waals surface area contributed by atoms with Crippen LogP contribution in [0.2, 0.25) is 0 Å². The number of aromatic nitrogens is 1. The number of hydrogen-bond donors (Lipinski definition) is 1. The van der Waals surface area contributed by atoms with E-state index in [-0.39, 0.29) is 5.70 Å². The fourth-order valence-electron chi connectivity index (χ4n) is 2.07. The van der Waals surface area contributed by atoms with Crippen molar-refractivity contribution in [3.8, 4) is 5.75 Å². The first-order chi connectivity index (χ1) is 12.6. The maximum absolute atomic E-state index is 11.8. The van der Waals surface area contributed by atoms with Crippen LogP contribution in [0.5, 0.6) is 5.75 Å². The second-order valence-corrected chi connectivity index (χ2v) is 5.15. The van der Waals surface area contributed by atoms with Crippen molar-refractivity contribution in [3.63, 3.8) is 0 Å². The zero-order chi connectivity index (χ0) is 18.8. The number of nitrogens with zero attached hydrogens (tertiary/aromatic N) is 1. The lowest BCUT2D eigenvalue weighted by molar-refractivity contribution is -0.138. The van der Waals surface area contributed by atoms with Gasteiger partial charge in [0.1, 0.15) is 11.4 Å². The van der Waals surface area contributed by atoms with E-state index in [1.54, 1.807) is 30.5 Å². The molecular weight excluding hydrogens is 336 g/mol. The number of carbonyl (C=O) groups is 2. The van der Waals surface area contributed by atoms with Gasteiger partial charge in [0, 0.05) is 30.1 Å². The highest BCUT2D eigenvalue weighted by molar-refractivity contribution is 5.98. The quantitative estimate of drug-likeness (QED) is 0.574. The fraction of sp³-hybridized carbons (Fsp3) is 0.211. The first-order valence-corrected chi connectivity index (χ1v) is 7.90. The molecule has 1 heterocycles. The normalized spacial score (nSPS) is 10.8. The number of esters is 2. The summed E-state index contributed by atoms with van der Waals surface area (Å²) < 4.78 is 14.9. The molecule has 26 heavy (non-hydrogen) atoms. The Hall–Kier alpha value is -3.35. The molecule has 0 aliphatic heterocycles. The molecule has 136 valence electrons. The number of ether oxygens (including phenoxy) is 3. The van der Waals surface area contributed by atoms with Gasteiger partial charge in [-0.3, -0.25) is 4.98 Å². The van der Waals surface area contributed by atoms with E-state index in [1.807, 2.05) is 18.2 Å². The minimum atomic E-state index is -0.683. The molecular formula is C19H20N2O5. The second kappa shape index (κ2) is 9.83. The van der Waals surface area contributed by atoms with Gasteiger partial charge in [0.15, 0.2) is 0 Å². The van der Waals surface area contributed by atoms with Crippen molar-refractivity contribution in [1.29, 1.82) is 0 Å². The molecule has 0 aliphatic rings. The third-order valence-corrected chi connectivity index (χ3v) is 3.33. The number of rotatable bonds is 8. The summed E-state index contributed by atoms with van der Waals surface area (Å²) in [7, 11) is 2.45. The summed E-state index contributed by atoms with van der Waals surface area (Å²) in [6.45, 7) is 0.461. The summed E-state index contributed by atoms with van der Waals surface area (Å²) >= 11 is 0. The molecule has 0 atom stereocenters. The molecule has 1 aromatic carbocycles. The number of pyridine rings is 1. The van der Waals surface area contributed by atoms with Crippen molar-refractivity contribution < 1.29 is 23.8 Å². The average Bonchev–Trinajstić information content (AvgIpc) is 2.68. The smallest absolute Gasteiger partial charge is 0.354 e. The Morgan fingerprint density at radius 3 is 2.65 bits per heavy atom. The Labute approximate surface area is 151 Å². The third kappa shape index (κ3) is 5.94. The zero-order valence-electron chi connectivity index (χ0n) is 14.6. The topological polar surface area (TPSA) is 86.8 Å². The van der Waals surface area contributed by atoms with Crippen LogP contribution in [-0.2, 0) is 25.5 Å². The molecule has 7 heteroatoms. The molecule has 0 amide bonds. The molecule has 0 unspecified atom stereocenters. The van der Waals surface area contributed by atoms with Crippen LogP contribution in [-0.4, -0.2) is 37.7 Å². The van der Waals surface area contributed by atoms with Crippen LogP contribution < -0.4 is 10.1 Å². The zero-order valence-corrected chi connectivity index (χ0v) is 14.6. The van der Waals surface area contributed by atoms with E-state index < -0.39 is 11.9 Å². The van der Waals surface area contributed by atoms with Gasteiger partial charge in [-0.1, -0.05) is 12.1 Å². The largest absolute Gasteiger partial charge is 0.493 e. The minimum Gasteiger partial charge on any atom is -0.493 e. The Kier molecular flexibility index (Phi) is 7.17. The molecule has 0 aliphatic carbocycles. The van der Waals surface area contributed by atoms with Crippen LogP contribution in [0.15, 0.2) is 60.4 Å². The van der Waals surface area contributed by atoms with Gasteiger partial charge in [0.25, 0.3) is 0 Å². The Morgan fingerprint density at radius 2 is 1.96 bits per heavy atom. The summed E-state index contributed by atoms with van der Waals surface area (Å²) in [6, 6.07) is 12.7. The Bertz CT molecular complexity index is 775. The van der Waals surface area contributed by atoms with Gasteiger partial charge in [-0.25, -0.2) is 9.59 Å². The van der Waals surface area contributed by atoms with E-state index in [0.717, 1.165) is 11.8 Å². The van der Waals surface area contributed by atoms with Gasteiger partial charge in [0.2, 0.25) is 0 Å². The summed E-state index contributed by atoms with van der Waals surface area (Å²) in [4.78, 5) is 27.4. The standard InChI is InChI=1S/C19H20N2O5/c1-24-18(22)13-17(19(23)25-2)21-15-7-5-8-16(12-15)26-11-9-14-6-3-4-10-20-14/h3-8,10,12-13,21H,9,11H2,1-2H3/b17-13+. The molecule has 1 N–H and O–H groups in total. The molecule has 0 fully saturated rings. The van der Waals surface area contributed by atoms with Crippen molar-refractivity contribution in [2.45, 2.75) is 6.42 Å². The maximum atomic E-state index is 11.8. The van der Waals surface area contributed by atoms with E-state index in [9.17, 15) is 9.59 Å². The number of anilines is 1. The number of carbonyl (C=O) groups excluding carboxylic acids is 2. The number of nitrogens with one attached hydrogen (secondary N) is 1. The van der Waals surface area contributed by atoms with Crippen LogP contribution in [0.25, 0.3) is 0 Å². The van der Waals surface area contributed by atoms with Crippen LogP contribution in [0, 0.1) is 0 Å². The molecule has 1 aromatic heterocycles. The minimum absolute atomic E-state index is 0.0371. The molecule has 0 saturated carbocycles. The predicted octanol–water partition coefficient (Wildman–Crippen LogP) is 2.34. The van der Waals surface area contributed by atoms with Crippen LogP contribution in [0.1, 0.15) is 5.69 Å².